The molecule has 9 nitrogen and oxygen atoms in total. The zero-order chi connectivity index (χ0) is 59.3. The van der Waals surface area contributed by atoms with E-state index in [-0.39, 0.29) is 24.9 Å². The Balaban J connectivity index is 5.09. The number of phosphoric ester groups is 1. The van der Waals surface area contributed by atoms with Crippen molar-refractivity contribution in [2.45, 2.75) is 328 Å². The number of quaternary nitrogens is 1. The van der Waals surface area contributed by atoms with Crippen molar-refractivity contribution >= 4 is 19.7 Å². The minimum Gasteiger partial charge on any atom is -0.756 e. The number of amides is 1. The average molecular weight is 1160 g/mol. The van der Waals surface area contributed by atoms with Gasteiger partial charge in [0.05, 0.1) is 33.8 Å². The first-order chi connectivity index (χ1) is 39.4. The molecule has 0 aliphatic carbocycles. The van der Waals surface area contributed by atoms with Crippen LogP contribution in [0.3, 0.4) is 0 Å². The number of esters is 1. The molecule has 81 heavy (non-hydrogen) atoms. The van der Waals surface area contributed by atoms with Crippen LogP contribution in [-0.2, 0) is 27.9 Å². The minimum absolute atomic E-state index is 0.0254. The van der Waals surface area contributed by atoms with Gasteiger partial charge in [-0.25, -0.2) is 0 Å². The smallest absolute Gasteiger partial charge is 0.306 e. The lowest BCUT2D eigenvalue weighted by molar-refractivity contribution is -0.870. The molecule has 3 unspecified atom stereocenters. The Labute approximate surface area is 502 Å². The number of nitrogens with one attached hydrogen (secondary N) is 1. The topological polar surface area (TPSA) is 114 Å². The van der Waals surface area contributed by atoms with Gasteiger partial charge in [-0.05, 0) is 102 Å². The van der Waals surface area contributed by atoms with E-state index in [1.165, 1.54) is 193 Å². The second-order valence-electron chi connectivity index (χ2n) is 24.3. The van der Waals surface area contributed by atoms with Crippen molar-refractivity contribution in [3.8, 4) is 0 Å². The highest BCUT2D eigenvalue weighted by Crippen LogP contribution is 2.38. The van der Waals surface area contributed by atoms with Gasteiger partial charge in [-0.1, -0.05) is 274 Å². The van der Waals surface area contributed by atoms with Crippen LogP contribution in [0, 0.1) is 0 Å². The Kier molecular flexibility index (Phi) is 58.7. The van der Waals surface area contributed by atoms with Crippen LogP contribution in [-0.4, -0.2) is 69.4 Å². The van der Waals surface area contributed by atoms with E-state index in [9.17, 15) is 19.0 Å². The van der Waals surface area contributed by atoms with Gasteiger partial charge in [-0.15, -0.1) is 0 Å². The van der Waals surface area contributed by atoms with Crippen molar-refractivity contribution in [2.75, 3.05) is 40.9 Å². The van der Waals surface area contributed by atoms with Crippen LogP contribution in [0.5, 0.6) is 0 Å². The van der Waals surface area contributed by atoms with Gasteiger partial charge in [0.25, 0.3) is 7.82 Å². The van der Waals surface area contributed by atoms with Crippen LogP contribution < -0.4 is 10.2 Å². The number of unbranched alkanes of at least 4 members (excludes halogenated alkanes) is 36. The van der Waals surface area contributed by atoms with E-state index in [4.69, 9.17) is 13.8 Å². The lowest BCUT2D eigenvalue weighted by atomic mass is 10.0. The molecule has 0 aromatic rings. The zero-order valence-electron chi connectivity index (χ0n) is 54.0. The lowest BCUT2D eigenvalue weighted by Crippen LogP contribution is -2.47. The third-order valence-electron chi connectivity index (χ3n) is 15.1. The molecule has 0 spiro atoms. The molecular formula is C71H131N2O7P. The molecule has 0 fully saturated rings. The second kappa shape index (κ2) is 60.6. The molecule has 10 heteroatoms. The van der Waals surface area contributed by atoms with E-state index < -0.39 is 26.6 Å². The fourth-order valence-electron chi connectivity index (χ4n) is 9.80. The Morgan fingerprint density at radius 1 is 0.432 bits per heavy atom. The molecule has 0 radical (unpaired) electrons. The monoisotopic (exact) mass is 1150 g/mol. The molecule has 0 aliphatic rings. The molecule has 0 aromatic heterocycles. The van der Waals surface area contributed by atoms with E-state index in [0.717, 1.165) is 89.9 Å². The molecule has 0 bridgehead atoms. The first kappa shape index (κ1) is 78.5. The standard InChI is InChI=1S/C71H131N2O7P/c1-7-10-13-16-19-22-25-27-29-31-33-35-36-38-40-42-44-46-49-52-55-58-61-64-71(75)80-69(62-59-56-53-50-47-24-21-18-15-12-9-3)68(67-79-81(76,77)78-66-65-73(4,5)6)72-70(74)63-60-57-54-51-48-45-43-41-39-37-34-32-30-28-26-23-20-17-14-11-8-2/h19-20,22-23,27-30,34,37,59,62,68-69H,7-18,21,24-26,31-33,35-36,38-58,60-61,63-67H2,1-6H3,(H-,72,74,76,77)/b22-19-,23-20-,29-27-,30-28-,37-34-,62-59+. The van der Waals surface area contributed by atoms with Gasteiger partial charge < -0.3 is 28.5 Å². The first-order valence-corrected chi connectivity index (χ1v) is 35.7. The van der Waals surface area contributed by atoms with Gasteiger partial charge in [0, 0.05) is 12.8 Å². The van der Waals surface area contributed by atoms with Crippen molar-refractivity contribution in [1.82, 2.24) is 5.32 Å². The number of hydrogen-bond acceptors (Lipinski definition) is 7. The quantitative estimate of drug-likeness (QED) is 0.0212. The Morgan fingerprint density at radius 2 is 0.753 bits per heavy atom. The van der Waals surface area contributed by atoms with Crippen molar-refractivity contribution in [3.63, 3.8) is 0 Å². The SMILES string of the molecule is CCCCC/C=C\C/C=C\C/C=C\CCCCCCCCCCC(=O)NC(COP(=O)([O-])OCC[N+](C)(C)C)C(/C=C/CCCCCCCCCCC)OC(=O)CCCCCCCCCCCCCCC/C=C\C/C=C\CCCCC. The van der Waals surface area contributed by atoms with Crippen LogP contribution in [0.2, 0.25) is 0 Å². The number of ether oxygens (including phenoxy) is 1. The predicted octanol–water partition coefficient (Wildman–Crippen LogP) is 20.9. The third kappa shape index (κ3) is 61.8. The number of carbonyl (C=O) groups is 2. The molecule has 0 aromatic carbocycles. The Morgan fingerprint density at radius 3 is 1.15 bits per heavy atom. The molecule has 1 amide bonds. The number of carbonyl (C=O) groups excluding carboxylic acids is 2. The van der Waals surface area contributed by atoms with Gasteiger partial charge in [0.1, 0.15) is 19.3 Å². The summed E-state index contributed by atoms with van der Waals surface area (Å²) < 4.78 is 30.4. The summed E-state index contributed by atoms with van der Waals surface area (Å²) in [6, 6.07) is -0.895. The number of likely N-dealkylation sites (N-methyl/N-ethyl adjacent to an activating group) is 1. The average Bonchev–Trinajstić information content (AvgIpc) is 3.44. The van der Waals surface area contributed by atoms with Crippen molar-refractivity contribution in [1.29, 1.82) is 0 Å². The molecular weight excluding hydrogens is 1020 g/mol. The van der Waals surface area contributed by atoms with E-state index in [2.05, 4.69) is 86.8 Å². The highest BCUT2D eigenvalue weighted by molar-refractivity contribution is 7.45. The highest BCUT2D eigenvalue weighted by Gasteiger charge is 2.27. The number of phosphoric acid groups is 1. The largest absolute Gasteiger partial charge is 0.756 e. The zero-order valence-corrected chi connectivity index (χ0v) is 54.9. The minimum atomic E-state index is -4.71. The number of nitrogens with zero attached hydrogens (tertiary/aromatic N) is 1. The van der Waals surface area contributed by atoms with Crippen molar-refractivity contribution < 1.29 is 37.3 Å². The van der Waals surface area contributed by atoms with Gasteiger partial charge in [-0.3, -0.25) is 14.2 Å². The van der Waals surface area contributed by atoms with Crippen LogP contribution in [0.15, 0.2) is 72.9 Å². The van der Waals surface area contributed by atoms with Gasteiger partial charge >= 0.3 is 5.97 Å². The fourth-order valence-corrected chi connectivity index (χ4v) is 10.5. The van der Waals surface area contributed by atoms with Crippen LogP contribution in [0.1, 0.15) is 316 Å². The third-order valence-corrected chi connectivity index (χ3v) is 16.1. The predicted molar refractivity (Wildman–Crippen MR) is 348 cm³/mol. The summed E-state index contributed by atoms with van der Waals surface area (Å²) >= 11 is 0. The van der Waals surface area contributed by atoms with Gasteiger partial charge in [0.2, 0.25) is 5.91 Å². The molecule has 0 heterocycles. The maximum atomic E-state index is 13.6. The second-order valence-corrected chi connectivity index (χ2v) is 25.7. The number of rotatable bonds is 62. The van der Waals surface area contributed by atoms with Crippen LogP contribution in [0.4, 0.5) is 0 Å². The fraction of sp³-hybridized carbons (Fsp3) is 0.803. The summed E-state index contributed by atoms with van der Waals surface area (Å²) in [4.78, 5) is 40.1. The van der Waals surface area contributed by atoms with E-state index in [0.29, 0.717) is 17.4 Å². The van der Waals surface area contributed by atoms with Gasteiger partial charge in [0.15, 0.2) is 0 Å². The Hall–Kier alpha value is -2.55. The number of allylic oxidation sites excluding steroid dienone is 11. The maximum absolute atomic E-state index is 13.6. The molecule has 0 saturated carbocycles. The molecule has 3 atom stereocenters. The maximum Gasteiger partial charge on any atom is 0.306 e. The van der Waals surface area contributed by atoms with Crippen LogP contribution in [0.25, 0.3) is 0 Å². The van der Waals surface area contributed by atoms with Crippen molar-refractivity contribution in [3.05, 3.63) is 72.9 Å². The van der Waals surface area contributed by atoms with Gasteiger partial charge in [-0.2, -0.15) is 0 Å². The molecule has 0 rings (SSSR count). The molecule has 1 N–H and O–H groups in total. The lowest BCUT2D eigenvalue weighted by Gasteiger charge is -2.30. The molecule has 472 valence electrons. The highest BCUT2D eigenvalue weighted by atomic mass is 31.2. The summed E-state index contributed by atoms with van der Waals surface area (Å²) in [5.41, 5.74) is 0. The summed E-state index contributed by atoms with van der Waals surface area (Å²) in [6.45, 7) is 6.81. The van der Waals surface area contributed by atoms with Crippen molar-refractivity contribution in [2.24, 2.45) is 0 Å². The summed E-state index contributed by atoms with van der Waals surface area (Å²) in [5, 5.41) is 3.03. The number of hydrogen-bond donors (Lipinski definition) is 1. The Bertz CT molecular complexity index is 1620. The summed E-state index contributed by atoms with van der Waals surface area (Å²) in [6.07, 6.45) is 78.7. The first-order valence-electron chi connectivity index (χ1n) is 34.2. The summed E-state index contributed by atoms with van der Waals surface area (Å²) in [5.74, 6) is -0.544. The van der Waals surface area contributed by atoms with E-state index in [1.807, 2.05) is 33.3 Å². The van der Waals surface area contributed by atoms with E-state index in [1.54, 1.807) is 0 Å². The van der Waals surface area contributed by atoms with E-state index >= 15 is 0 Å². The normalized spacial score (nSPS) is 14.0. The van der Waals surface area contributed by atoms with Crippen LogP contribution >= 0.6 is 7.82 Å². The molecule has 0 saturated heterocycles. The summed E-state index contributed by atoms with van der Waals surface area (Å²) in [7, 11) is 1.18. The molecule has 0 aliphatic heterocycles.